The summed E-state index contributed by atoms with van der Waals surface area (Å²) in [7, 11) is 1.36. The molecule has 1 amide bonds. The molecule has 1 N–H and O–H groups in total. The van der Waals surface area contributed by atoms with Crippen molar-refractivity contribution in [3.05, 3.63) is 88.5 Å². The van der Waals surface area contributed by atoms with E-state index in [2.05, 4.69) is 15.2 Å². The number of esters is 1. The Morgan fingerprint density at radius 1 is 1.12 bits per heavy atom. The Balaban J connectivity index is 1.38. The first-order valence-corrected chi connectivity index (χ1v) is 11.2. The lowest BCUT2D eigenvalue weighted by molar-refractivity contribution is -0.112. The van der Waals surface area contributed by atoms with Crippen LogP contribution in [0.3, 0.4) is 0 Å². The Morgan fingerprint density at radius 3 is 2.66 bits per heavy atom. The van der Waals surface area contributed by atoms with Gasteiger partial charge in [0, 0.05) is 18.8 Å². The number of amides is 1. The minimum Gasteiger partial charge on any atom is -0.465 e. The molecule has 2 heterocycles. The number of methoxy groups -OCH3 is 1. The lowest BCUT2D eigenvalue weighted by Gasteiger charge is -2.26. The van der Waals surface area contributed by atoms with E-state index in [0.717, 1.165) is 47.1 Å². The van der Waals surface area contributed by atoms with E-state index in [-0.39, 0.29) is 11.9 Å². The predicted octanol–water partition coefficient (Wildman–Crippen LogP) is 4.60. The molecule has 2 aromatic rings. The molecule has 0 saturated heterocycles. The SMILES string of the molecule is COC(=O)c1ccc(-c2cccc(NC(=O)C3=C(C4=CC=C4)N4CCCN=C4S3)c2)cc1. The number of hydrogen-bond donors (Lipinski definition) is 1. The highest BCUT2D eigenvalue weighted by molar-refractivity contribution is 8.18. The maximum atomic E-state index is 13.2. The van der Waals surface area contributed by atoms with Crippen LogP contribution in [0, 0.1) is 0 Å². The van der Waals surface area contributed by atoms with Gasteiger partial charge in [0.2, 0.25) is 0 Å². The monoisotopic (exact) mass is 443 g/mol. The molecule has 0 spiro atoms. The van der Waals surface area contributed by atoms with Crippen LogP contribution in [-0.4, -0.2) is 42.1 Å². The first-order chi connectivity index (χ1) is 15.6. The summed E-state index contributed by atoms with van der Waals surface area (Å²) in [5.74, 6) is -0.505. The fourth-order valence-corrected chi connectivity index (χ4v) is 4.91. The third-order valence-corrected chi connectivity index (χ3v) is 6.60. The van der Waals surface area contributed by atoms with Gasteiger partial charge in [-0.25, -0.2) is 4.79 Å². The molecule has 0 fully saturated rings. The van der Waals surface area contributed by atoms with E-state index in [0.29, 0.717) is 16.2 Å². The number of aliphatic imine (C=N–C) groups is 1. The smallest absolute Gasteiger partial charge is 0.337 e. The van der Waals surface area contributed by atoms with Crippen molar-refractivity contribution in [1.29, 1.82) is 0 Å². The van der Waals surface area contributed by atoms with Crippen molar-refractivity contribution in [2.45, 2.75) is 6.42 Å². The van der Waals surface area contributed by atoms with E-state index < -0.39 is 0 Å². The van der Waals surface area contributed by atoms with Crippen LogP contribution in [0.1, 0.15) is 16.8 Å². The van der Waals surface area contributed by atoms with Crippen molar-refractivity contribution in [3.8, 4) is 11.1 Å². The number of amidine groups is 1. The largest absolute Gasteiger partial charge is 0.465 e. The zero-order chi connectivity index (χ0) is 22.1. The standard InChI is InChI=1S/C25H21N3O3S/c1-31-24(30)18-11-9-16(10-12-18)19-7-3-8-20(15-19)27-23(29)22-21(17-5-2-6-17)28-14-4-13-26-25(28)32-22/h2-3,5-12,15H,4,13-14H2,1H3,(H,27,29). The first kappa shape index (κ1) is 20.3. The van der Waals surface area contributed by atoms with Crippen LogP contribution in [0.5, 0.6) is 0 Å². The number of nitrogens with zero attached hydrogens (tertiary/aromatic N) is 2. The van der Waals surface area contributed by atoms with Crippen molar-refractivity contribution < 1.29 is 14.3 Å². The molecule has 0 unspecified atom stereocenters. The zero-order valence-corrected chi connectivity index (χ0v) is 18.3. The van der Waals surface area contributed by atoms with Gasteiger partial charge in [-0.1, -0.05) is 42.5 Å². The number of carbonyl (C=O) groups is 2. The minimum atomic E-state index is -0.368. The first-order valence-electron chi connectivity index (χ1n) is 10.4. The summed E-state index contributed by atoms with van der Waals surface area (Å²) in [6.45, 7) is 1.67. The third kappa shape index (κ3) is 3.76. The van der Waals surface area contributed by atoms with Gasteiger partial charge in [-0.05, 0) is 59.1 Å². The molecule has 3 aliphatic rings. The number of fused-ring (bicyclic) bond motifs is 1. The van der Waals surface area contributed by atoms with Crippen LogP contribution in [0.15, 0.2) is 87.9 Å². The molecule has 7 heteroatoms. The van der Waals surface area contributed by atoms with E-state index in [1.165, 1.54) is 18.9 Å². The highest BCUT2D eigenvalue weighted by atomic mass is 32.2. The summed E-state index contributed by atoms with van der Waals surface area (Å²) in [6.07, 6.45) is 7.02. The Morgan fingerprint density at radius 2 is 1.94 bits per heavy atom. The van der Waals surface area contributed by atoms with Gasteiger partial charge in [-0.15, -0.1) is 0 Å². The molecule has 6 nitrogen and oxygen atoms in total. The summed E-state index contributed by atoms with van der Waals surface area (Å²) >= 11 is 1.44. The molecule has 1 aliphatic carbocycles. The normalized spacial score (nSPS) is 16.7. The Hall–Kier alpha value is -3.58. The molecule has 0 bridgehead atoms. The van der Waals surface area contributed by atoms with Crippen molar-refractivity contribution in [2.75, 3.05) is 25.5 Å². The number of ether oxygens (including phenoxy) is 1. The Bertz CT molecular complexity index is 1230. The van der Waals surface area contributed by atoms with Crippen LogP contribution in [0.4, 0.5) is 5.69 Å². The van der Waals surface area contributed by atoms with Crippen LogP contribution in [0.25, 0.3) is 11.1 Å². The van der Waals surface area contributed by atoms with Crippen LogP contribution in [0.2, 0.25) is 0 Å². The van der Waals surface area contributed by atoms with E-state index in [4.69, 9.17) is 4.74 Å². The Kier molecular flexibility index (Phi) is 5.41. The number of anilines is 1. The average molecular weight is 444 g/mol. The fourth-order valence-electron chi connectivity index (χ4n) is 3.81. The summed E-state index contributed by atoms with van der Waals surface area (Å²) in [6, 6.07) is 14.9. The molecular weight excluding hydrogens is 422 g/mol. The molecule has 2 aromatic carbocycles. The van der Waals surface area contributed by atoms with Gasteiger partial charge in [0.05, 0.1) is 18.4 Å². The van der Waals surface area contributed by atoms with E-state index in [1.54, 1.807) is 12.1 Å². The van der Waals surface area contributed by atoms with Crippen LogP contribution in [-0.2, 0) is 9.53 Å². The van der Waals surface area contributed by atoms with E-state index in [9.17, 15) is 9.59 Å². The minimum absolute atomic E-state index is 0.138. The molecule has 0 saturated carbocycles. The average Bonchev–Trinajstić information content (AvgIpc) is 3.17. The van der Waals surface area contributed by atoms with Crippen molar-refractivity contribution in [1.82, 2.24) is 4.90 Å². The van der Waals surface area contributed by atoms with Gasteiger partial charge >= 0.3 is 5.97 Å². The van der Waals surface area contributed by atoms with Gasteiger partial charge in [0.25, 0.3) is 5.91 Å². The molecule has 0 aromatic heterocycles. The third-order valence-electron chi connectivity index (χ3n) is 5.49. The molecule has 2 aliphatic heterocycles. The molecular formula is C25H21N3O3S. The maximum Gasteiger partial charge on any atom is 0.337 e. The van der Waals surface area contributed by atoms with Gasteiger partial charge in [-0.2, -0.15) is 0 Å². The van der Waals surface area contributed by atoms with E-state index >= 15 is 0 Å². The molecule has 32 heavy (non-hydrogen) atoms. The highest BCUT2D eigenvalue weighted by Gasteiger charge is 2.36. The number of benzene rings is 2. The summed E-state index contributed by atoms with van der Waals surface area (Å²) < 4.78 is 4.75. The van der Waals surface area contributed by atoms with Crippen LogP contribution < -0.4 is 5.32 Å². The number of hydrogen-bond acceptors (Lipinski definition) is 6. The maximum absolute atomic E-state index is 13.2. The second-order valence-corrected chi connectivity index (χ2v) is 8.51. The number of thioether (sulfide) groups is 1. The van der Waals surface area contributed by atoms with Gasteiger partial charge < -0.3 is 15.0 Å². The molecule has 0 radical (unpaired) electrons. The topological polar surface area (TPSA) is 71.0 Å². The quantitative estimate of drug-likeness (QED) is 0.684. The number of carbonyl (C=O) groups excluding carboxylic acids is 2. The lowest BCUT2D eigenvalue weighted by atomic mass is 10.0. The zero-order valence-electron chi connectivity index (χ0n) is 17.5. The predicted molar refractivity (Wildman–Crippen MR) is 127 cm³/mol. The highest BCUT2D eigenvalue weighted by Crippen LogP contribution is 2.41. The van der Waals surface area contributed by atoms with E-state index in [1.807, 2.05) is 54.6 Å². The lowest BCUT2D eigenvalue weighted by Crippen LogP contribution is -2.30. The molecule has 5 rings (SSSR count). The van der Waals surface area contributed by atoms with Crippen molar-refractivity contribution >= 4 is 34.5 Å². The fraction of sp³-hybridized carbons (Fsp3) is 0.160. The Labute approximate surface area is 190 Å². The summed E-state index contributed by atoms with van der Waals surface area (Å²) in [5.41, 5.74) is 5.11. The number of nitrogens with one attached hydrogen (secondary N) is 1. The van der Waals surface area contributed by atoms with Gasteiger partial charge in [-0.3, -0.25) is 9.79 Å². The molecule has 0 atom stereocenters. The van der Waals surface area contributed by atoms with Gasteiger partial charge in [0.1, 0.15) is 4.91 Å². The summed E-state index contributed by atoms with van der Waals surface area (Å²) in [4.78, 5) is 32.3. The second kappa shape index (κ2) is 8.51. The van der Waals surface area contributed by atoms with Crippen LogP contribution >= 0.6 is 11.8 Å². The van der Waals surface area contributed by atoms with Crippen molar-refractivity contribution in [3.63, 3.8) is 0 Å². The number of allylic oxidation sites excluding steroid dienone is 3. The summed E-state index contributed by atoms with van der Waals surface area (Å²) in [5, 5.41) is 3.95. The van der Waals surface area contributed by atoms with Gasteiger partial charge in [0.15, 0.2) is 5.17 Å². The van der Waals surface area contributed by atoms with Crippen molar-refractivity contribution in [2.24, 2.45) is 4.99 Å². The second-order valence-electron chi connectivity index (χ2n) is 7.53. The molecule has 160 valence electrons. The number of rotatable bonds is 5.